The smallest absolute Gasteiger partial charge is 0.242 e. The number of nitrogens with one attached hydrogen (secondary N) is 1. The van der Waals surface area contributed by atoms with Crippen molar-refractivity contribution < 1.29 is 8.42 Å². The summed E-state index contributed by atoms with van der Waals surface area (Å²) in [5.41, 5.74) is 5.89. The molecule has 7 nitrogen and oxygen atoms in total. The maximum atomic E-state index is 12.2. The van der Waals surface area contributed by atoms with E-state index < -0.39 is 10.0 Å². The fraction of sp³-hybridized carbons (Fsp3) is 0.167. The summed E-state index contributed by atoms with van der Waals surface area (Å²) in [6.07, 6.45) is 3.29. The number of nitrogen functional groups attached to an aromatic ring is 1. The molecule has 0 amide bonds. The number of aromatic nitrogens is 2. The Morgan fingerprint density at radius 1 is 1.50 bits per heavy atom. The summed E-state index contributed by atoms with van der Waals surface area (Å²) in [5.74, 6) is 0.572. The normalized spacial score (nSPS) is 11.2. The first kappa shape index (κ1) is 14.0. The molecule has 1 aromatic carbocycles. The second-order valence-electron chi connectivity index (χ2n) is 4.15. The lowest BCUT2D eigenvalue weighted by atomic mass is 10.2. The van der Waals surface area contributed by atoms with Crippen LogP contribution in [0.25, 0.3) is 0 Å². The minimum atomic E-state index is -3.79. The Morgan fingerprint density at radius 3 is 2.85 bits per heavy atom. The van der Waals surface area contributed by atoms with Crippen molar-refractivity contribution in [3.8, 4) is 6.07 Å². The van der Waals surface area contributed by atoms with E-state index in [1.165, 1.54) is 18.2 Å². The van der Waals surface area contributed by atoms with Crippen LogP contribution in [0, 0.1) is 11.3 Å². The molecule has 2 rings (SSSR count). The Labute approximate surface area is 116 Å². The molecule has 0 fully saturated rings. The minimum absolute atomic E-state index is 0.0114. The summed E-state index contributed by atoms with van der Waals surface area (Å²) in [6, 6.07) is 5.91. The average molecular weight is 291 g/mol. The zero-order valence-corrected chi connectivity index (χ0v) is 11.6. The van der Waals surface area contributed by atoms with Gasteiger partial charge in [0.15, 0.2) is 0 Å². The molecule has 0 aliphatic rings. The van der Waals surface area contributed by atoms with Crippen LogP contribution in [0.2, 0.25) is 0 Å². The van der Waals surface area contributed by atoms with Crippen molar-refractivity contribution in [1.82, 2.24) is 14.3 Å². The fourth-order valence-electron chi connectivity index (χ4n) is 1.67. The van der Waals surface area contributed by atoms with E-state index in [4.69, 9.17) is 11.0 Å². The third-order valence-corrected chi connectivity index (χ3v) is 4.21. The van der Waals surface area contributed by atoms with Crippen molar-refractivity contribution in [2.45, 2.75) is 11.4 Å². The zero-order chi connectivity index (χ0) is 14.8. The van der Waals surface area contributed by atoms with Crippen LogP contribution < -0.4 is 10.5 Å². The number of benzene rings is 1. The summed E-state index contributed by atoms with van der Waals surface area (Å²) < 4.78 is 28.5. The molecule has 0 bridgehead atoms. The van der Waals surface area contributed by atoms with Crippen molar-refractivity contribution >= 4 is 15.7 Å². The Kier molecular flexibility index (Phi) is 3.74. The third-order valence-electron chi connectivity index (χ3n) is 2.75. The lowest BCUT2D eigenvalue weighted by molar-refractivity contribution is 0.577. The van der Waals surface area contributed by atoms with E-state index in [-0.39, 0.29) is 17.0 Å². The molecule has 0 radical (unpaired) electrons. The molecule has 20 heavy (non-hydrogen) atoms. The summed E-state index contributed by atoms with van der Waals surface area (Å²) in [6.45, 7) is 0.0427. The molecule has 1 heterocycles. The van der Waals surface area contributed by atoms with Crippen LogP contribution >= 0.6 is 0 Å². The van der Waals surface area contributed by atoms with Crippen LogP contribution in [0.3, 0.4) is 0 Å². The van der Waals surface area contributed by atoms with Crippen molar-refractivity contribution in [2.75, 3.05) is 5.73 Å². The number of anilines is 1. The predicted octanol–water partition coefficient (Wildman–Crippen LogP) is 0.352. The molecule has 0 saturated carbocycles. The zero-order valence-electron chi connectivity index (χ0n) is 10.7. The van der Waals surface area contributed by atoms with Crippen LogP contribution in [0.5, 0.6) is 0 Å². The highest BCUT2D eigenvalue weighted by Crippen LogP contribution is 2.18. The first-order chi connectivity index (χ1) is 9.44. The average Bonchev–Trinajstić information content (AvgIpc) is 2.81. The fourth-order valence-corrected chi connectivity index (χ4v) is 2.79. The molecule has 0 unspecified atom stereocenters. The van der Waals surface area contributed by atoms with Gasteiger partial charge in [-0.25, -0.2) is 18.1 Å². The topological polar surface area (TPSA) is 114 Å². The number of rotatable bonds is 4. The summed E-state index contributed by atoms with van der Waals surface area (Å²) in [5, 5.41) is 8.99. The van der Waals surface area contributed by atoms with Gasteiger partial charge in [-0.3, -0.25) is 0 Å². The molecule has 2 aromatic rings. The van der Waals surface area contributed by atoms with Gasteiger partial charge in [-0.1, -0.05) is 0 Å². The highest BCUT2D eigenvalue weighted by Gasteiger charge is 2.19. The standard InChI is InChI=1S/C12H13N5O2S/c1-17-5-4-15-12(17)8-16-20(18,19)11-3-2-10(14)6-9(11)7-13/h2-6,16H,8,14H2,1H3. The minimum Gasteiger partial charge on any atom is -0.399 e. The Hall–Kier alpha value is -2.37. The lowest BCUT2D eigenvalue weighted by Gasteiger charge is -2.08. The molecule has 3 N–H and O–H groups in total. The molecule has 104 valence electrons. The number of hydrogen-bond acceptors (Lipinski definition) is 5. The van der Waals surface area contributed by atoms with E-state index in [1.54, 1.807) is 24.0 Å². The second-order valence-corrected chi connectivity index (χ2v) is 5.88. The first-order valence-electron chi connectivity index (χ1n) is 5.69. The van der Waals surface area contributed by atoms with Gasteiger partial charge in [-0.05, 0) is 18.2 Å². The first-order valence-corrected chi connectivity index (χ1v) is 7.18. The van der Waals surface area contributed by atoms with E-state index in [2.05, 4.69) is 9.71 Å². The van der Waals surface area contributed by atoms with Crippen LogP contribution in [-0.4, -0.2) is 18.0 Å². The van der Waals surface area contributed by atoms with Gasteiger partial charge < -0.3 is 10.3 Å². The molecule has 0 atom stereocenters. The number of nitrogens with two attached hydrogens (primary N) is 1. The van der Waals surface area contributed by atoms with Gasteiger partial charge in [0.1, 0.15) is 11.9 Å². The Bertz CT molecular complexity index is 773. The van der Waals surface area contributed by atoms with Gasteiger partial charge >= 0.3 is 0 Å². The third kappa shape index (κ3) is 2.79. The lowest BCUT2D eigenvalue weighted by Crippen LogP contribution is -2.25. The molecule has 0 saturated heterocycles. The van der Waals surface area contributed by atoms with E-state index in [0.717, 1.165) is 0 Å². The number of aryl methyl sites for hydroxylation is 1. The molecule has 8 heteroatoms. The van der Waals surface area contributed by atoms with Gasteiger partial charge in [0.25, 0.3) is 0 Å². The SMILES string of the molecule is Cn1ccnc1CNS(=O)(=O)c1ccc(N)cc1C#N. The molecular weight excluding hydrogens is 278 g/mol. The Morgan fingerprint density at radius 2 is 2.25 bits per heavy atom. The largest absolute Gasteiger partial charge is 0.399 e. The summed E-state index contributed by atoms with van der Waals surface area (Å²) in [7, 11) is -2.03. The van der Waals surface area contributed by atoms with Crippen LogP contribution in [0.4, 0.5) is 5.69 Å². The number of nitriles is 1. The van der Waals surface area contributed by atoms with Crippen molar-refractivity contribution in [2.24, 2.45) is 7.05 Å². The van der Waals surface area contributed by atoms with Crippen molar-refractivity contribution in [3.05, 3.63) is 42.0 Å². The molecule has 0 spiro atoms. The molecule has 1 aromatic heterocycles. The van der Waals surface area contributed by atoms with Gasteiger partial charge in [-0.2, -0.15) is 5.26 Å². The summed E-state index contributed by atoms with van der Waals surface area (Å²) >= 11 is 0. The van der Waals surface area contributed by atoms with Gasteiger partial charge in [0, 0.05) is 25.1 Å². The molecular formula is C12H13N5O2S. The maximum Gasteiger partial charge on any atom is 0.242 e. The van der Waals surface area contributed by atoms with Crippen LogP contribution in [0.15, 0.2) is 35.5 Å². The number of sulfonamides is 1. The number of nitrogens with zero attached hydrogens (tertiary/aromatic N) is 3. The predicted molar refractivity (Wildman–Crippen MR) is 72.8 cm³/mol. The van der Waals surface area contributed by atoms with Gasteiger partial charge in [0.2, 0.25) is 10.0 Å². The van der Waals surface area contributed by atoms with Gasteiger partial charge in [0.05, 0.1) is 17.0 Å². The number of imidazole rings is 1. The van der Waals surface area contributed by atoms with E-state index >= 15 is 0 Å². The number of hydrogen-bond donors (Lipinski definition) is 2. The highest BCUT2D eigenvalue weighted by molar-refractivity contribution is 7.89. The quantitative estimate of drug-likeness (QED) is 0.789. The highest BCUT2D eigenvalue weighted by atomic mass is 32.2. The summed E-state index contributed by atoms with van der Waals surface area (Å²) in [4.78, 5) is 3.93. The van der Waals surface area contributed by atoms with Crippen molar-refractivity contribution in [1.29, 1.82) is 5.26 Å². The van der Waals surface area contributed by atoms with E-state index in [0.29, 0.717) is 11.5 Å². The maximum absolute atomic E-state index is 12.2. The second kappa shape index (κ2) is 5.32. The van der Waals surface area contributed by atoms with E-state index in [9.17, 15) is 8.42 Å². The van der Waals surface area contributed by atoms with E-state index in [1.807, 2.05) is 6.07 Å². The Balaban J connectivity index is 2.28. The van der Waals surface area contributed by atoms with Crippen molar-refractivity contribution in [3.63, 3.8) is 0 Å². The van der Waals surface area contributed by atoms with Crippen LogP contribution in [-0.2, 0) is 23.6 Å². The van der Waals surface area contributed by atoms with Crippen LogP contribution in [0.1, 0.15) is 11.4 Å². The monoisotopic (exact) mass is 291 g/mol. The molecule has 0 aliphatic carbocycles. The molecule has 0 aliphatic heterocycles. The van der Waals surface area contributed by atoms with Gasteiger partial charge in [-0.15, -0.1) is 0 Å².